The maximum absolute atomic E-state index is 14.1. The molecule has 0 bridgehead atoms. The predicted molar refractivity (Wildman–Crippen MR) is 68.6 cm³/mol. The summed E-state index contributed by atoms with van der Waals surface area (Å²) in [5.74, 6) is -3.45. The van der Waals surface area contributed by atoms with E-state index in [0.29, 0.717) is 26.1 Å². The van der Waals surface area contributed by atoms with Gasteiger partial charge in [0.2, 0.25) is 0 Å². The minimum absolute atomic E-state index is 0.0563. The maximum atomic E-state index is 14.1. The number of nitrogens with zero attached hydrogens (tertiary/aromatic N) is 1. The third-order valence-corrected chi connectivity index (χ3v) is 3.84. The minimum Gasteiger partial charge on any atom is -0.302 e. The van der Waals surface area contributed by atoms with Gasteiger partial charge in [0.15, 0.2) is 0 Å². The fraction of sp³-hybridized carbons (Fsp3) is 0.538. The number of alkyl halides is 3. The lowest BCUT2D eigenvalue weighted by Crippen LogP contribution is -2.53. The highest BCUT2D eigenvalue weighted by molar-refractivity contribution is 9.10. The first-order valence-corrected chi connectivity index (χ1v) is 6.75. The monoisotopic (exact) mass is 321 g/mol. The second kappa shape index (κ2) is 5.61. The number of halogens is 4. The van der Waals surface area contributed by atoms with Crippen LogP contribution >= 0.6 is 15.9 Å². The molecule has 1 nitrogen and oxygen atoms in total. The summed E-state index contributed by atoms with van der Waals surface area (Å²) in [4.78, 5) is 1.87. The van der Waals surface area contributed by atoms with Gasteiger partial charge >= 0.3 is 0 Å². The molecule has 1 aromatic carbocycles. The molecule has 18 heavy (non-hydrogen) atoms. The van der Waals surface area contributed by atoms with Crippen molar-refractivity contribution in [1.82, 2.24) is 4.90 Å². The van der Waals surface area contributed by atoms with Crippen LogP contribution in [0.3, 0.4) is 0 Å². The Morgan fingerprint density at radius 3 is 2.39 bits per heavy atom. The number of benzene rings is 1. The molecule has 1 heterocycles. The minimum atomic E-state index is -2.80. The highest BCUT2D eigenvalue weighted by Crippen LogP contribution is 2.41. The molecule has 1 aliphatic rings. The van der Waals surface area contributed by atoms with Gasteiger partial charge in [-0.15, -0.1) is 0 Å². The Morgan fingerprint density at radius 2 is 1.83 bits per heavy atom. The first-order chi connectivity index (χ1) is 8.54. The van der Waals surface area contributed by atoms with Crippen molar-refractivity contribution in [2.75, 3.05) is 26.3 Å². The summed E-state index contributed by atoms with van der Waals surface area (Å²) >= 11 is 3.23. The topological polar surface area (TPSA) is 3.24 Å². The number of likely N-dealkylation sites (tertiary alicyclic amines) is 1. The molecule has 1 fully saturated rings. The number of rotatable bonds is 5. The molecule has 0 unspecified atom stereocenters. The van der Waals surface area contributed by atoms with E-state index in [2.05, 4.69) is 15.9 Å². The fourth-order valence-corrected chi connectivity index (χ4v) is 2.44. The molecule has 0 N–H and O–H groups in total. The first-order valence-electron chi connectivity index (χ1n) is 5.96. The van der Waals surface area contributed by atoms with Crippen molar-refractivity contribution in [2.24, 2.45) is 5.92 Å². The number of hydrogen-bond acceptors (Lipinski definition) is 1. The van der Waals surface area contributed by atoms with E-state index in [0.717, 1.165) is 4.47 Å². The summed E-state index contributed by atoms with van der Waals surface area (Å²) < 4.78 is 41.0. The highest BCUT2D eigenvalue weighted by Gasteiger charge is 2.47. The Kier molecular flexibility index (Phi) is 4.33. The highest BCUT2D eigenvalue weighted by atomic mass is 79.9. The van der Waals surface area contributed by atoms with Gasteiger partial charge in [0.1, 0.15) is 0 Å². The molecular weight excluding hydrogens is 307 g/mol. The molecule has 0 spiro atoms. The average Bonchev–Trinajstić information content (AvgIpc) is 2.27. The summed E-state index contributed by atoms with van der Waals surface area (Å²) in [5, 5.41) is 0. The van der Waals surface area contributed by atoms with E-state index in [1.54, 1.807) is 12.1 Å². The SMILES string of the molecule is FCCCN1CC(C(F)(F)c2ccc(Br)cc2)C1. The van der Waals surface area contributed by atoms with Crippen LogP contribution in [0.2, 0.25) is 0 Å². The second-order valence-electron chi connectivity index (χ2n) is 4.63. The van der Waals surface area contributed by atoms with Gasteiger partial charge in [0, 0.05) is 29.7 Å². The van der Waals surface area contributed by atoms with Crippen LogP contribution in [0, 0.1) is 5.92 Å². The summed E-state index contributed by atoms with van der Waals surface area (Å²) in [6.45, 7) is 0.889. The Balaban J connectivity index is 1.94. The molecule has 5 heteroatoms. The van der Waals surface area contributed by atoms with Gasteiger partial charge in [0.25, 0.3) is 5.92 Å². The van der Waals surface area contributed by atoms with Crippen molar-refractivity contribution in [2.45, 2.75) is 12.3 Å². The molecule has 0 saturated carbocycles. The van der Waals surface area contributed by atoms with E-state index in [1.165, 1.54) is 12.1 Å². The molecule has 1 aliphatic heterocycles. The van der Waals surface area contributed by atoms with Crippen molar-refractivity contribution in [3.8, 4) is 0 Å². The van der Waals surface area contributed by atoms with Crippen molar-refractivity contribution >= 4 is 15.9 Å². The Hall–Kier alpha value is -0.550. The van der Waals surface area contributed by atoms with Crippen molar-refractivity contribution in [3.63, 3.8) is 0 Å². The van der Waals surface area contributed by atoms with Gasteiger partial charge in [-0.25, -0.2) is 8.78 Å². The van der Waals surface area contributed by atoms with Gasteiger partial charge in [-0.2, -0.15) is 0 Å². The molecule has 0 aromatic heterocycles. The Labute approximate surface area is 113 Å². The van der Waals surface area contributed by atoms with Gasteiger partial charge in [-0.1, -0.05) is 28.1 Å². The molecule has 0 amide bonds. The molecule has 0 atom stereocenters. The zero-order valence-corrected chi connectivity index (χ0v) is 11.5. The van der Waals surface area contributed by atoms with E-state index in [4.69, 9.17) is 0 Å². The lowest BCUT2D eigenvalue weighted by Gasteiger charge is -2.43. The van der Waals surface area contributed by atoms with Crippen LogP contribution in [0.4, 0.5) is 13.2 Å². The van der Waals surface area contributed by atoms with Crippen LogP contribution in [0.15, 0.2) is 28.7 Å². The van der Waals surface area contributed by atoms with Crippen LogP contribution in [-0.2, 0) is 5.92 Å². The largest absolute Gasteiger partial charge is 0.302 e. The fourth-order valence-electron chi connectivity index (χ4n) is 2.17. The summed E-state index contributed by atoms with van der Waals surface area (Å²) in [7, 11) is 0. The van der Waals surface area contributed by atoms with Crippen molar-refractivity contribution < 1.29 is 13.2 Å². The Morgan fingerprint density at radius 1 is 1.22 bits per heavy atom. The van der Waals surface area contributed by atoms with E-state index in [-0.39, 0.29) is 12.2 Å². The second-order valence-corrected chi connectivity index (χ2v) is 5.54. The zero-order valence-electron chi connectivity index (χ0n) is 9.88. The van der Waals surface area contributed by atoms with Crippen LogP contribution in [0.5, 0.6) is 0 Å². The van der Waals surface area contributed by atoms with Gasteiger partial charge in [-0.05, 0) is 18.6 Å². The molecule has 100 valence electrons. The maximum Gasteiger partial charge on any atom is 0.278 e. The zero-order chi connectivity index (χ0) is 13.2. The normalized spacial score (nSPS) is 17.8. The molecule has 0 radical (unpaired) electrons. The smallest absolute Gasteiger partial charge is 0.278 e. The first kappa shape index (κ1) is 13.9. The average molecular weight is 322 g/mol. The molecule has 2 rings (SSSR count). The van der Waals surface area contributed by atoms with Crippen LogP contribution in [0.1, 0.15) is 12.0 Å². The van der Waals surface area contributed by atoms with Crippen molar-refractivity contribution in [3.05, 3.63) is 34.3 Å². The van der Waals surface area contributed by atoms with E-state index < -0.39 is 11.8 Å². The van der Waals surface area contributed by atoms with E-state index in [1.807, 2.05) is 4.90 Å². The predicted octanol–water partition coefficient (Wildman–Crippen LogP) is 3.83. The standard InChI is InChI=1S/C13H15BrF3N/c14-12-4-2-10(3-5-12)13(16,17)11-8-18(9-11)7-1-6-15/h2-5,11H,1,6-9H2. The quantitative estimate of drug-likeness (QED) is 0.796. The molecule has 1 saturated heterocycles. The molecule has 0 aliphatic carbocycles. The van der Waals surface area contributed by atoms with Gasteiger partial charge < -0.3 is 4.90 Å². The van der Waals surface area contributed by atoms with E-state index in [9.17, 15) is 13.2 Å². The van der Waals surface area contributed by atoms with Gasteiger partial charge in [0.05, 0.1) is 12.6 Å². The van der Waals surface area contributed by atoms with Crippen molar-refractivity contribution in [1.29, 1.82) is 0 Å². The summed E-state index contributed by atoms with van der Waals surface area (Å²) in [5.41, 5.74) is 0.0563. The van der Waals surface area contributed by atoms with Gasteiger partial charge in [-0.3, -0.25) is 4.39 Å². The summed E-state index contributed by atoms with van der Waals surface area (Å²) in [6, 6.07) is 6.16. The third kappa shape index (κ3) is 2.88. The Bertz CT molecular complexity index is 388. The summed E-state index contributed by atoms with van der Waals surface area (Å²) in [6.07, 6.45) is 0.427. The molecular formula is C13H15BrF3N. The number of hydrogen-bond donors (Lipinski definition) is 0. The lowest BCUT2D eigenvalue weighted by molar-refractivity contribution is -0.124. The lowest BCUT2D eigenvalue weighted by atomic mass is 9.88. The van der Waals surface area contributed by atoms with E-state index >= 15 is 0 Å². The van der Waals surface area contributed by atoms with Crippen LogP contribution < -0.4 is 0 Å². The third-order valence-electron chi connectivity index (χ3n) is 3.31. The van der Waals surface area contributed by atoms with Crippen LogP contribution in [0.25, 0.3) is 0 Å². The van der Waals surface area contributed by atoms with Crippen LogP contribution in [-0.4, -0.2) is 31.2 Å². The molecule has 1 aromatic rings.